The van der Waals surface area contributed by atoms with E-state index in [2.05, 4.69) is 44.8 Å². The molecule has 0 radical (unpaired) electrons. The molecule has 2 heterocycles. The van der Waals surface area contributed by atoms with Crippen molar-refractivity contribution in [3.8, 4) is 0 Å². The summed E-state index contributed by atoms with van der Waals surface area (Å²) < 4.78 is 5.70. The minimum Gasteiger partial charge on any atom is -0.375 e. The third kappa shape index (κ3) is 3.51. The van der Waals surface area contributed by atoms with Crippen molar-refractivity contribution in [2.24, 2.45) is 0 Å². The highest BCUT2D eigenvalue weighted by atomic mass is 32.1. The van der Waals surface area contributed by atoms with E-state index >= 15 is 0 Å². The number of thiazole rings is 1. The second-order valence-electron chi connectivity index (χ2n) is 5.77. The Hall–Kier alpha value is -0.650. The summed E-state index contributed by atoms with van der Waals surface area (Å²) in [6, 6.07) is 0.790. The van der Waals surface area contributed by atoms with Crippen LogP contribution in [0, 0.1) is 6.92 Å². The molecule has 1 fully saturated rings. The number of rotatable bonds is 5. The number of hydrogen-bond donors (Lipinski definition) is 1. The molecular formula is C15H27N3OS. The lowest BCUT2D eigenvalue weighted by Gasteiger charge is -2.36. The third-order valence-electron chi connectivity index (χ3n) is 3.77. The lowest BCUT2D eigenvalue weighted by atomic mass is 10.2. The van der Waals surface area contributed by atoms with E-state index < -0.39 is 0 Å². The van der Waals surface area contributed by atoms with Crippen LogP contribution in [0.15, 0.2) is 0 Å². The van der Waals surface area contributed by atoms with Crippen molar-refractivity contribution in [3.05, 3.63) is 10.6 Å². The Morgan fingerprint density at radius 2 is 2.25 bits per heavy atom. The molecular weight excluding hydrogens is 270 g/mol. The zero-order valence-electron chi connectivity index (χ0n) is 13.3. The highest BCUT2D eigenvalue weighted by Crippen LogP contribution is 2.32. The fraction of sp³-hybridized carbons (Fsp3) is 0.800. The van der Waals surface area contributed by atoms with Gasteiger partial charge in [0.05, 0.1) is 24.4 Å². The second kappa shape index (κ2) is 6.87. The van der Waals surface area contributed by atoms with Crippen LogP contribution in [0.25, 0.3) is 0 Å². The largest absolute Gasteiger partial charge is 0.375 e. The van der Waals surface area contributed by atoms with Crippen LogP contribution in [0.1, 0.15) is 50.7 Å². The minimum absolute atomic E-state index is 0.287. The Kier molecular flexibility index (Phi) is 5.41. The molecule has 1 aromatic rings. The van der Waals surface area contributed by atoms with Crippen molar-refractivity contribution in [2.75, 3.05) is 24.6 Å². The third-order valence-corrected chi connectivity index (χ3v) is 5.15. The van der Waals surface area contributed by atoms with E-state index in [4.69, 9.17) is 9.72 Å². The Morgan fingerprint density at radius 1 is 1.50 bits per heavy atom. The molecule has 1 aromatic heterocycles. The van der Waals surface area contributed by atoms with E-state index in [-0.39, 0.29) is 6.10 Å². The van der Waals surface area contributed by atoms with Gasteiger partial charge >= 0.3 is 0 Å². The normalized spacial score (nSPS) is 24.9. The zero-order chi connectivity index (χ0) is 14.7. The maximum absolute atomic E-state index is 5.70. The predicted octanol–water partition coefficient (Wildman–Crippen LogP) is 3.13. The van der Waals surface area contributed by atoms with Gasteiger partial charge in [0, 0.05) is 17.5 Å². The van der Waals surface area contributed by atoms with Gasteiger partial charge in [-0.2, -0.15) is 0 Å². The van der Waals surface area contributed by atoms with Crippen LogP contribution < -0.4 is 10.2 Å². The number of nitrogens with one attached hydrogen (secondary N) is 1. The summed E-state index contributed by atoms with van der Waals surface area (Å²) in [6.07, 6.45) is 1.45. The summed E-state index contributed by atoms with van der Waals surface area (Å²) in [5.74, 6) is 0. The number of aromatic nitrogens is 1. The lowest BCUT2D eigenvalue weighted by Crippen LogP contribution is -2.47. The van der Waals surface area contributed by atoms with Crippen molar-refractivity contribution in [3.63, 3.8) is 0 Å². The molecule has 0 saturated carbocycles. The Morgan fingerprint density at radius 3 is 2.95 bits per heavy atom. The van der Waals surface area contributed by atoms with Crippen LogP contribution in [0.3, 0.4) is 0 Å². The molecule has 3 unspecified atom stereocenters. The van der Waals surface area contributed by atoms with Gasteiger partial charge in [-0.15, -0.1) is 11.3 Å². The number of anilines is 1. The van der Waals surface area contributed by atoms with Crippen molar-refractivity contribution >= 4 is 16.5 Å². The SMILES string of the molecule is CCCNC(C)c1sc(N2CC(C)OCC2C)nc1C. The van der Waals surface area contributed by atoms with Gasteiger partial charge in [0.1, 0.15) is 0 Å². The predicted molar refractivity (Wildman–Crippen MR) is 85.8 cm³/mol. The average molecular weight is 297 g/mol. The standard InChI is InChI=1S/C15H27N3OS/c1-6-7-16-12(4)14-13(5)17-15(20-14)18-8-11(3)19-9-10(18)2/h10-12,16H,6-9H2,1-5H3. The number of aryl methyl sites for hydroxylation is 1. The Balaban J connectivity index is 2.13. The van der Waals surface area contributed by atoms with E-state index in [0.717, 1.165) is 36.9 Å². The summed E-state index contributed by atoms with van der Waals surface area (Å²) in [7, 11) is 0. The van der Waals surface area contributed by atoms with E-state index in [1.807, 2.05) is 11.3 Å². The van der Waals surface area contributed by atoms with E-state index in [1.54, 1.807) is 0 Å². The smallest absolute Gasteiger partial charge is 0.186 e. The van der Waals surface area contributed by atoms with Crippen LogP contribution in [-0.2, 0) is 4.74 Å². The maximum atomic E-state index is 5.70. The van der Waals surface area contributed by atoms with Crippen LogP contribution in [-0.4, -0.2) is 36.8 Å². The molecule has 114 valence electrons. The fourth-order valence-corrected chi connectivity index (χ4v) is 3.75. The summed E-state index contributed by atoms with van der Waals surface area (Å²) in [5, 5.41) is 4.70. The summed E-state index contributed by atoms with van der Waals surface area (Å²) in [5.41, 5.74) is 1.16. The highest BCUT2D eigenvalue weighted by Gasteiger charge is 2.27. The van der Waals surface area contributed by atoms with Crippen LogP contribution in [0.5, 0.6) is 0 Å². The molecule has 1 saturated heterocycles. The molecule has 1 aliphatic heterocycles. The van der Waals surface area contributed by atoms with Crippen molar-refractivity contribution in [2.45, 2.75) is 59.2 Å². The molecule has 20 heavy (non-hydrogen) atoms. The maximum Gasteiger partial charge on any atom is 0.186 e. The van der Waals surface area contributed by atoms with Crippen LogP contribution >= 0.6 is 11.3 Å². The number of morpholine rings is 1. The second-order valence-corrected chi connectivity index (χ2v) is 6.78. The minimum atomic E-state index is 0.287. The van der Waals surface area contributed by atoms with Gasteiger partial charge < -0.3 is 15.0 Å². The first-order chi connectivity index (χ1) is 9.52. The molecule has 5 heteroatoms. The van der Waals surface area contributed by atoms with Crippen molar-refractivity contribution in [1.29, 1.82) is 0 Å². The molecule has 1 N–H and O–H groups in total. The van der Waals surface area contributed by atoms with Crippen molar-refractivity contribution < 1.29 is 4.74 Å². The topological polar surface area (TPSA) is 37.4 Å². The van der Waals surface area contributed by atoms with Gasteiger partial charge in [-0.3, -0.25) is 0 Å². The summed E-state index contributed by atoms with van der Waals surface area (Å²) >= 11 is 1.83. The highest BCUT2D eigenvalue weighted by molar-refractivity contribution is 7.15. The number of nitrogens with zero attached hydrogens (tertiary/aromatic N) is 2. The van der Waals surface area contributed by atoms with Gasteiger partial charge in [-0.1, -0.05) is 6.92 Å². The molecule has 4 nitrogen and oxygen atoms in total. The van der Waals surface area contributed by atoms with Crippen LogP contribution in [0.4, 0.5) is 5.13 Å². The first-order valence-electron chi connectivity index (χ1n) is 7.61. The quantitative estimate of drug-likeness (QED) is 0.906. The van der Waals surface area contributed by atoms with Gasteiger partial charge in [0.2, 0.25) is 0 Å². The van der Waals surface area contributed by atoms with Gasteiger partial charge in [-0.25, -0.2) is 4.98 Å². The van der Waals surface area contributed by atoms with E-state index in [9.17, 15) is 0 Å². The van der Waals surface area contributed by atoms with E-state index in [0.29, 0.717) is 12.1 Å². The number of hydrogen-bond acceptors (Lipinski definition) is 5. The molecule has 2 rings (SSSR count). The first-order valence-corrected chi connectivity index (χ1v) is 8.43. The Labute approximate surface area is 126 Å². The Bertz CT molecular complexity index is 435. The molecule has 0 spiro atoms. The van der Waals surface area contributed by atoms with E-state index in [1.165, 1.54) is 4.88 Å². The zero-order valence-corrected chi connectivity index (χ0v) is 14.1. The fourth-order valence-electron chi connectivity index (χ4n) is 2.54. The van der Waals surface area contributed by atoms with Crippen LogP contribution in [0.2, 0.25) is 0 Å². The van der Waals surface area contributed by atoms with Gasteiger partial charge in [0.15, 0.2) is 5.13 Å². The number of ether oxygens (including phenoxy) is 1. The summed E-state index contributed by atoms with van der Waals surface area (Å²) in [6.45, 7) is 13.7. The van der Waals surface area contributed by atoms with Gasteiger partial charge in [0.25, 0.3) is 0 Å². The monoisotopic (exact) mass is 297 g/mol. The summed E-state index contributed by atoms with van der Waals surface area (Å²) in [4.78, 5) is 8.55. The molecule has 0 bridgehead atoms. The first kappa shape index (κ1) is 15.7. The van der Waals surface area contributed by atoms with Gasteiger partial charge in [-0.05, 0) is 40.7 Å². The molecule has 0 aliphatic carbocycles. The molecule has 1 aliphatic rings. The molecule has 3 atom stereocenters. The molecule has 0 aromatic carbocycles. The average Bonchev–Trinajstić information content (AvgIpc) is 2.80. The lowest BCUT2D eigenvalue weighted by molar-refractivity contribution is 0.0343. The molecule has 0 amide bonds. The van der Waals surface area contributed by atoms with Crippen molar-refractivity contribution in [1.82, 2.24) is 10.3 Å².